The molecule has 0 aliphatic heterocycles. The van der Waals surface area contributed by atoms with Crippen LogP contribution in [0, 0.1) is 0 Å². The molecule has 0 aliphatic rings. The maximum absolute atomic E-state index is 12.3. The molecule has 2 amide bonds. The Kier molecular flexibility index (Phi) is 5.69. The molecule has 0 saturated carbocycles. The lowest BCUT2D eigenvalue weighted by molar-refractivity contribution is 0.262. The SMILES string of the molecule is CCc1cccc(CC)c1NC(=O)Nc1c(Cl)cccc1Cl. The van der Waals surface area contributed by atoms with Gasteiger partial charge in [-0.1, -0.05) is 61.3 Å². The molecule has 0 radical (unpaired) electrons. The van der Waals surface area contributed by atoms with Crippen LogP contribution >= 0.6 is 23.2 Å². The molecule has 0 aliphatic carbocycles. The van der Waals surface area contributed by atoms with Gasteiger partial charge in [0.05, 0.1) is 15.7 Å². The maximum Gasteiger partial charge on any atom is 0.323 e. The summed E-state index contributed by atoms with van der Waals surface area (Å²) in [7, 11) is 0. The number of hydrogen-bond acceptors (Lipinski definition) is 1. The van der Waals surface area contributed by atoms with E-state index in [2.05, 4.69) is 24.5 Å². The van der Waals surface area contributed by atoms with Gasteiger partial charge < -0.3 is 10.6 Å². The number of benzene rings is 2. The molecular formula is C17H18Cl2N2O. The van der Waals surface area contributed by atoms with Crippen molar-refractivity contribution in [3.63, 3.8) is 0 Å². The van der Waals surface area contributed by atoms with Gasteiger partial charge in [0.15, 0.2) is 0 Å². The van der Waals surface area contributed by atoms with Crippen molar-refractivity contribution in [3.05, 3.63) is 57.6 Å². The number of carbonyl (C=O) groups excluding carboxylic acids is 1. The van der Waals surface area contributed by atoms with E-state index >= 15 is 0 Å². The summed E-state index contributed by atoms with van der Waals surface area (Å²) in [6, 6.07) is 10.8. The van der Waals surface area contributed by atoms with E-state index in [9.17, 15) is 4.79 Å². The summed E-state index contributed by atoms with van der Waals surface area (Å²) in [5, 5.41) is 6.44. The van der Waals surface area contributed by atoms with E-state index < -0.39 is 0 Å². The first-order valence-electron chi connectivity index (χ1n) is 7.19. The van der Waals surface area contributed by atoms with Crippen LogP contribution in [0.15, 0.2) is 36.4 Å². The minimum absolute atomic E-state index is 0.356. The Morgan fingerprint density at radius 1 is 0.864 bits per heavy atom. The van der Waals surface area contributed by atoms with Gasteiger partial charge in [0.2, 0.25) is 0 Å². The first kappa shape index (κ1) is 16.7. The van der Waals surface area contributed by atoms with Gasteiger partial charge in [0, 0.05) is 5.69 Å². The normalized spacial score (nSPS) is 10.4. The lowest BCUT2D eigenvalue weighted by Gasteiger charge is -2.16. The maximum atomic E-state index is 12.3. The quantitative estimate of drug-likeness (QED) is 0.731. The van der Waals surface area contributed by atoms with Crippen molar-refractivity contribution in [1.82, 2.24) is 0 Å². The van der Waals surface area contributed by atoms with Crippen molar-refractivity contribution in [1.29, 1.82) is 0 Å². The number of nitrogens with one attached hydrogen (secondary N) is 2. The fraction of sp³-hybridized carbons (Fsp3) is 0.235. The Bertz CT molecular complexity index is 644. The van der Waals surface area contributed by atoms with Crippen molar-refractivity contribution < 1.29 is 4.79 Å². The predicted molar refractivity (Wildman–Crippen MR) is 94.3 cm³/mol. The van der Waals surface area contributed by atoms with E-state index in [0.717, 1.165) is 29.7 Å². The highest BCUT2D eigenvalue weighted by Gasteiger charge is 2.13. The molecule has 22 heavy (non-hydrogen) atoms. The highest BCUT2D eigenvalue weighted by molar-refractivity contribution is 6.39. The van der Waals surface area contributed by atoms with Crippen LogP contribution < -0.4 is 10.6 Å². The molecule has 0 saturated heterocycles. The summed E-state index contributed by atoms with van der Waals surface area (Å²) in [5.74, 6) is 0. The van der Waals surface area contributed by atoms with E-state index in [1.54, 1.807) is 18.2 Å². The van der Waals surface area contributed by atoms with E-state index in [1.165, 1.54) is 0 Å². The van der Waals surface area contributed by atoms with Crippen LogP contribution in [0.4, 0.5) is 16.2 Å². The molecule has 0 unspecified atom stereocenters. The minimum Gasteiger partial charge on any atom is -0.307 e. The van der Waals surface area contributed by atoms with Gasteiger partial charge >= 0.3 is 6.03 Å². The number of para-hydroxylation sites is 2. The molecule has 5 heteroatoms. The van der Waals surface area contributed by atoms with Crippen LogP contribution in [0.5, 0.6) is 0 Å². The molecule has 2 N–H and O–H groups in total. The summed E-state index contributed by atoms with van der Waals surface area (Å²) >= 11 is 12.1. The van der Waals surface area contributed by atoms with E-state index in [0.29, 0.717) is 15.7 Å². The summed E-state index contributed by atoms with van der Waals surface area (Å²) < 4.78 is 0. The lowest BCUT2D eigenvalue weighted by Crippen LogP contribution is -2.21. The second-order valence-electron chi connectivity index (χ2n) is 4.83. The molecule has 0 spiro atoms. The topological polar surface area (TPSA) is 41.1 Å². The standard InChI is InChI=1S/C17H18Cl2N2O/c1-3-11-7-5-8-12(4-2)15(11)20-17(22)21-16-13(18)9-6-10-14(16)19/h5-10H,3-4H2,1-2H3,(H2,20,21,22). The van der Waals surface area contributed by atoms with Crippen LogP contribution in [-0.2, 0) is 12.8 Å². The van der Waals surface area contributed by atoms with Gasteiger partial charge in [-0.25, -0.2) is 4.79 Å². The largest absolute Gasteiger partial charge is 0.323 e. The zero-order valence-corrected chi connectivity index (χ0v) is 14.1. The second kappa shape index (κ2) is 7.52. The molecule has 0 aromatic heterocycles. The van der Waals surface area contributed by atoms with Gasteiger partial charge in [-0.05, 0) is 36.1 Å². The third kappa shape index (κ3) is 3.73. The number of rotatable bonds is 4. The van der Waals surface area contributed by atoms with Crippen LogP contribution in [-0.4, -0.2) is 6.03 Å². The second-order valence-corrected chi connectivity index (χ2v) is 5.65. The smallest absolute Gasteiger partial charge is 0.307 e. The van der Waals surface area contributed by atoms with Crippen molar-refractivity contribution in [2.45, 2.75) is 26.7 Å². The Labute approximate surface area is 140 Å². The van der Waals surface area contributed by atoms with E-state index in [-0.39, 0.29) is 6.03 Å². The summed E-state index contributed by atoms with van der Waals surface area (Å²) in [6.07, 6.45) is 1.69. The predicted octanol–water partition coefficient (Wildman–Crippen LogP) is 5.76. The first-order chi connectivity index (χ1) is 10.6. The lowest BCUT2D eigenvalue weighted by atomic mass is 10.0. The molecule has 2 rings (SSSR count). The molecule has 3 nitrogen and oxygen atoms in total. The van der Waals surface area contributed by atoms with Crippen molar-refractivity contribution in [3.8, 4) is 0 Å². The molecule has 0 fully saturated rings. The number of halogens is 2. The van der Waals surface area contributed by atoms with E-state index in [4.69, 9.17) is 23.2 Å². The fourth-order valence-electron chi connectivity index (χ4n) is 2.28. The Hall–Kier alpha value is -1.71. The zero-order valence-electron chi connectivity index (χ0n) is 12.5. The Balaban J connectivity index is 2.23. The average molecular weight is 337 g/mol. The van der Waals surface area contributed by atoms with Crippen molar-refractivity contribution in [2.24, 2.45) is 0 Å². The molecule has 0 atom stereocenters. The van der Waals surface area contributed by atoms with Crippen LogP contribution in [0.3, 0.4) is 0 Å². The average Bonchev–Trinajstić information content (AvgIpc) is 2.51. The minimum atomic E-state index is -0.356. The highest BCUT2D eigenvalue weighted by atomic mass is 35.5. The summed E-state index contributed by atoms with van der Waals surface area (Å²) in [5.41, 5.74) is 3.46. The molecule has 0 heterocycles. The van der Waals surface area contributed by atoms with Gasteiger partial charge in [-0.15, -0.1) is 0 Å². The molecule has 2 aromatic carbocycles. The Morgan fingerprint density at radius 3 is 1.82 bits per heavy atom. The Morgan fingerprint density at radius 2 is 1.32 bits per heavy atom. The van der Waals surface area contributed by atoms with Gasteiger partial charge in [0.1, 0.15) is 0 Å². The number of amides is 2. The fourth-order valence-corrected chi connectivity index (χ4v) is 2.77. The van der Waals surface area contributed by atoms with Crippen LogP contribution in [0.2, 0.25) is 10.0 Å². The van der Waals surface area contributed by atoms with Crippen molar-refractivity contribution >= 4 is 40.6 Å². The third-order valence-corrected chi connectivity index (χ3v) is 4.07. The molecular weight excluding hydrogens is 319 g/mol. The summed E-state index contributed by atoms with van der Waals surface area (Å²) in [4.78, 5) is 12.3. The number of carbonyl (C=O) groups is 1. The van der Waals surface area contributed by atoms with Gasteiger partial charge in [-0.2, -0.15) is 0 Å². The first-order valence-corrected chi connectivity index (χ1v) is 7.95. The van der Waals surface area contributed by atoms with Gasteiger partial charge in [0.25, 0.3) is 0 Å². The number of anilines is 2. The monoisotopic (exact) mass is 336 g/mol. The van der Waals surface area contributed by atoms with Crippen LogP contribution in [0.25, 0.3) is 0 Å². The number of urea groups is 1. The third-order valence-electron chi connectivity index (χ3n) is 3.44. The summed E-state index contributed by atoms with van der Waals surface area (Å²) in [6.45, 7) is 4.12. The van der Waals surface area contributed by atoms with E-state index in [1.807, 2.05) is 18.2 Å². The zero-order chi connectivity index (χ0) is 16.1. The molecule has 116 valence electrons. The number of aryl methyl sites for hydroxylation is 2. The molecule has 0 bridgehead atoms. The number of hydrogen-bond donors (Lipinski definition) is 2. The molecule has 2 aromatic rings. The van der Waals surface area contributed by atoms with Gasteiger partial charge in [-0.3, -0.25) is 0 Å². The van der Waals surface area contributed by atoms with Crippen molar-refractivity contribution in [2.75, 3.05) is 10.6 Å². The van der Waals surface area contributed by atoms with Crippen LogP contribution in [0.1, 0.15) is 25.0 Å². The highest BCUT2D eigenvalue weighted by Crippen LogP contribution is 2.30.